The number of carboxylic acids is 1. The van der Waals surface area contributed by atoms with E-state index in [-0.39, 0.29) is 11.3 Å². The van der Waals surface area contributed by atoms with Crippen molar-refractivity contribution < 1.29 is 37.3 Å². The highest BCUT2D eigenvalue weighted by molar-refractivity contribution is 5.95. The van der Waals surface area contributed by atoms with Gasteiger partial charge in [0.15, 0.2) is 11.5 Å². The van der Waals surface area contributed by atoms with E-state index in [2.05, 4.69) is 0 Å². The van der Waals surface area contributed by atoms with Crippen LogP contribution in [0.25, 0.3) is 17.2 Å². The van der Waals surface area contributed by atoms with Gasteiger partial charge in [-0.15, -0.1) is 0 Å². The van der Waals surface area contributed by atoms with E-state index in [1.54, 1.807) is 30.3 Å². The van der Waals surface area contributed by atoms with Crippen LogP contribution >= 0.6 is 0 Å². The molecule has 8 heteroatoms. The standard InChI is InChI=1S/C19H15F3O5/c1-25-15-6-4-11(9-16(15)26-2)10-3-5-14-12(7-10)8-13(18(23)24)17(27-14)19(20,21)22/h3-9,17H,1-2H3,(H,23,24). The van der Waals surface area contributed by atoms with Crippen LogP contribution in [0.4, 0.5) is 13.2 Å². The summed E-state index contributed by atoms with van der Waals surface area (Å²) in [5, 5.41) is 9.13. The molecule has 0 fully saturated rings. The van der Waals surface area contributed by atoms with Crippen LogP contribution in [0.15, 0.2) is 42.0 Å². The van der Waals surface area contributed by atoms with Crippen LogP contribution in [0.5, 0.6) is 17.2 Å². The Labute approximate surface area is 152 Å². The summed E-state index contributed by atoms with van der Waals surface area (Å²) in [5.74, 6) is -0.697. The fraction of sp³-hybridized carbons (Fsp3) is 0.211. The first-order chi connectivity index (χ1) is 12.7. The lowest BCUT2D eigenvalue weighted by Gasteiger charge is -2.27. The zero-order valence-corrected chi connectivity index (χ0v) is 14.3. The van der Waals surface area contributed by atoms with E-state index in [9.17, 15) is 18.0 Å². The largest absolute Gasteiger partial charge is 0.493 e. The minimum atomic E-state index is -4.83. The van der Waals surface area contributed by atoms with E-state index in [1.165, 1.54) is 20.3 Å². The fourth-order valence-corrected chi connectivity index (χ4v) is 2.81. The van der Waals surface area contributed by atoms with E-state index < -0.39 is 23.8 Å². The van der Waals surface area contributed by atoms with Crippen LogP contribution in [-0.2, 0) is 4.79 Å². The van der Waals surface area contributed by atoms with E-state index in [1.807, 2.05) is 0 Å². The Morgan fingerprint density at radius 2 is 1.67 bits per heavy atom. The summed E-state index contributed by atoms with van der Waals surface area (Å²) < 4.78 is 54.6. The number of aliphatic carboxylic acids is 1. The van der Waals surface area contributed by atoms with Crippen molar-refractivity contribution in [3.63, 3.8) is 0 Å². The molecule has 0 aromatic heterocycles. The third-order valence-corrected chi connectivity index (χ3v) is 4.11. The third kappa shape index (κ3) is 3.55. The molecule has 1 heterocycles. The van der Waals surface area contributed by atoms with Gasteiger partial charge >= 0.3 is 12.1 Å². The normalized spacial score (nSPS) is 16.0. The predicted octanol–water partition coefficient (Wildman–Crippen LogP) is 4.16. The van der Waals surface area contributed by atoms with Crippen molar-refractivity contribution in [2.24, 2.45) is 0 Å². The minimum absolute atomic E-state index is 0.0356. The number of alkyl halides is 3. The smallest absolute Gasteiger partial charge is 0.430 e. The molecule has 2 aromatic carbocycles. The number of rotatable bonds is 4. The lowest BCUT2D eigenvalue weighted by atomic mass is 9.97. The first kappa shape index (κ1) is 18.6. The van der Waals surface area contributed by atoms with Crippen molar-refractivity contribution in [3.05, 3.63) is 47.5 Å². The second kappa shape index (κ2) is 6.86. The zero-order chi connectivity index (χ0) is 19.8. The van der Waals surface area contributed by atoms with Gasteiger partial charge in [0, 0.05) is 5.56 Å². The van der Waals surface area contributed by atoms with Crippen LogP contribution in [0, 0.1) is 0 Å². The molecule has 0 bridgehead atoms. The molecule has 0 aliphatic carbocycles. The highest BCUT2D eigenvalue weighted by Crippen LogP contribution is 2.40. The van der Waals surface area contributed by atoms with Crippen molar-refractivity contribution in [3.8, 4) is 28.4 Å². The highest BCUT2D eigenvalue weighted by Gasteiger charge is 2.48. The maximum atomic E-state index is 13.1. The van der Waals surface area contributed by atoms with Gasteiger partial charge < -0.3 is 19.3 Å². The van der Waals surface area contributed by atoms with Crippen molar-refractivity contribution in [1.82, 2.24) is 0 Å². The first-order valence-electron chi connectivity index (χ1n) is 7.79. The van der Waals surface area contributed by atoms with E-state index in [0.29, 0.717) is 17.1 Å². The Morgan fingerprint density at radius 1 is 1.04 bits per heavy atom. The van der Waals surface area contributed by atoms with Crippen molar-refractivity contribution in [2.45, 2.75) is 12.3 Å². The van der Waals surface area contributed by atoms with Crippen LogP contribution in [-0.4, -0.2) is 37.6 Å². The van der Waals surface area contributed by atoms with Crippen LogP contribution < -0.4 is 14.2 Å². The monoisotopic (exact) mass is 380 g/mol. The second-order valence-corrected chi connectivity index (χ2v) is 5.77. The van der Waals surface area contributed by atoms with Gasteiger partial charge in [-0.05, 0) is 41.5 Å². The Hall–Kier alpha value is -3.16. The summed E-state index contributed by atoms with van der Waals surface area (Å²) in [6.45, 7) is 0. The van der Waals surface area contributed by atoms with Crippen LogP contribution in [0.1, 0.15) is 5.56 Å². The van der Waals surface area contributed by atoms with Gasteiger partial charge in [0.25, 0.3) is 0 Å². The molecule has 1 N–H and O–H groups in total. The number of methoxy groups -OCH3 is 2. The molecule has 1 unspecified atom stereocenters. The number of halogens is 3. The summed E-state index contributed by atoms with van der Waals surface area (Å²) in [6, 6.07) is 9.70. The zero-order valence-electron chi connectivity index (χ0n) is 14.3. The maximum Gasteiger partial charge on any atom is 0.430 e. The Balaban J connectivity index is 2.05. The quantitative estimate of drug-likeness (QED) is 0.863. The maximum absolute atomic E-state index is 13.1. The van der Waals surface area contributed by atoms with Crippen molar-refractivity contribution >= 4 is 12.0 Å². The van der Waals surface area contributed by atoms with Crippen molar-refractivity contribution in [1.29, 1.82) is 0 Å². The molecular formula is C19H15F3O5. The predicted molar refractivity (Wildman–Crippen MR) is 91.1 cm³/mol. The molecule has 1 aliphatic heterocycles. The molecule has 5 nitrogen and oxygen atoms in total. The summed E-state index contributed by atoms with van der Waals surface area (Å²) in [5.41, 5.74) is 0.767. The van der Waals surface area contributed by atoms with Crippen molar-refractivity contribution in [2.75, 3.05) is 14.2 Å². The molecule has 0 spiro atoms. The molecule has 142 valence electrons. The van der Waals surface area contributed by atoms with Gasteiger partial charge in [-0.1, -0.05) is 12.1 Å². The molecule has 0 saturated carbocycles. The number of hydrogen-bond acceptors (Lipinski definition) is 4. The van der Waals surface area contributed by atoms with E-state index in [4.69, 9.17) is 19.3 Å². The van der Waals surface area contributed by atoms with Gasteiger partial charge in [-0.3, -0.25) is 0 Å². The summed E-state index contributed by atoms with van der Waals surface area (Å²) in [4.78, 5) is 11.3. The molecule has 3 rings (SSSR count). The highest BCUT2D eigenvalue weighted by atomic mass is 19.4. The lowest BCUT2D eigenvalue weighted by Crippen LogP contribution is -2.40. The molecule has 0 radical (unpaired) electrons. The molecule has 2 aromatic rings. The van der Waals surface area contributed by atoms with E-state index in [0.717, 1.165) is 11.6 Å². The number of carbonyl (C=O) groups is 1. The van der Waals surface area contributed by atoms with Crippen LogP contribution in [0.2, 0.25) is 0 Å². The lowest BCUT2D eigenvalue weighted by molar-refractivity contribution is -0.187. The number of carboxylic acid groups (broad SMARTS) is 1. The van der Waals surface area contributed by atoms with E-state index >= 15 is 0 Å². The molecule has 27 heavy (non-hydrogen) atoms. The molecule has 1 atom stereocenters. The fourth-order valence-electron chi connectivity index (χ4n) is 2.81. The van der Waals surface area contributed by atoms with Gasteiger partial charge in [-0.25, -0.2) is 4.79 Å². The summed E-state index contributed by atoms with van der Waals surface area (Å²) >= 11 is 0. The number of hydrogen-bond donors (Lipinski definition) is 1. The molecule has 0 saturated heterocycles. The Kier molecular flexibility index (Phi) is 4.73. The van der Waals surface area contributed by atoms with Crippen LogP contribution in [0.3, 0.4) is 0 Å². The Morgan fingerprint density at radius 3 is 2.26 bits per heavy atom. The SMILES string of the molecule is COc1ccc(-c2ccc3c(c2)C=C(C(=O)O)C(C(F)(F)F)O3)cc1OC. The second-order valence-electron chi connectivity index (χ2n) is 5.77. The molecular weight excluding hydrogens is 365 g/mol. The first-order valence-corrected chi connectivity index (χ1v) is 7.79. The third-order valence-electron chi connectivity index (χ3n) is 4.11. The van der Waals surface area contributed by atoms with Gasteiger partial charge in [0.1, 0.15) is 5.75 Å². The average molecular weight is 380 g/mol. The molecule has 1 aliphatic rings. The number of ether oxygens (including phenoxy) is 3. The summed E-state index contributed by atoms with van der Waals surface area (Å²) in [7, 11) is 2.99. The Bertz CT molecular complexity index is 918. The number of fused-ring (bicyclic) bond motifs is 1. The summed E-state index contributed by atoms with van der Waals surface area (Å²) in [6.07, 6.45) is -6.34. The minimum Gasteiger partial charge on any atom is -0.493 e. The topological polar surface area (TPSA) is 65.0 Å². The van der Waals surface area contributed by atoms with Gasteiger partial charge in [-0.2, -0.15) is 13.2 Å². The molecule has 0 amide bonds. The average Bonchev–Trinajstić information content (AvgIpc) is 2.65. The van der Waals surface area contributed by atoms with Gasteiger partial charge in [0.2, 0.25) is 6.10 Å². The number of benzene rings is 2. The van der Waals surface area contributed by atoms with Gasteiger partial charge in [0.05, 0.1) is 19.8 Å².